The first kappa shape index (κ1) is 18.5. The van der Waals surface area contributed by atoms with Crippen molar-refractivity contribution in [1.29, 1.82) is 0 Å². The molecule has 0 aliphatic carbocycles. The predicted molar refractivity (Wildman–Crippen MR) is 100 cm³/mol. The minimum Gasteiger partial charge on any atom is -0.558 e. The molecular formula is C20H34BO2-. The molecule has 3 heteroatoms. The van der Waals surface area contributed by atoms with Crippen LogP contribution >= 0.6 is 0 Å². The van der Waals surface area contributed by atoms with Crippen LogP contribution in [-0.4, -0.2) is 17.8 Å². The van der Waals surface area contributed by atoms with E-state index in [9.17, 15) is 0 Å². The summed E-state index contributed by atoms with van der Waals surface area (Å²) in [5.41, 5.74) is 2.04. The largest absolute Gasteiger partial charge is 0.558 e. The normalized spacial score (nSPS) is 21.7. The van der Waals surface area contributed by atoms with Gasteiger partial charge in [-0.25, -0.2) is 0 Å². The molecule has 1 aromatic carbocycles. The summed E-state index contributed by atoms with van der Waals surface area (Å²) in [6.45, 7) is 13.9. The molecule has 0 aromatic heterocycles. The van der Waals surface area contributed by atoms with Crippen LogP contribution in [0.4, 0.5) is 0 Å². The first-order valence-corrected chi connectivity index (χ1v) is 9.27. The lowest BCUT2D eigenvalue weighted by Gasteiger charge is -2.38. The average Bonchev–Trinajstić information content (AvgIpc) is 2.62. The summed E-state index contributed by atoms with van der Waals surface area (Å²) in [5.74, 6) is 0.678. The second-order valence-corrected chi connectivity index (χ2v) is 8.61. The van der Waals surface area contributed by atoms with Crippen molar-refractivity contribution in [2.75, 3.05) is 0 Å². The van der Waals surface area contributed by atoms with Gasteiger partial charge in [0.15, 0.2) is 0 Å². The molecule has 2 rings (SSSR count). The molecule has 0 atom stereocenters. The number of benzene rings is 1. The van der Waals surface area contributed by atoms with Crippen LogP contribution in [0.1, 0.15) is 66.9 Å². The van der Waals surface area contributed by atoms with Crippen molar-refractivity contribution in [2.24, 2.45) is 5.92 Å². The van der Waals surface area contributed by atoms with Gasteiger partial charge in [-0.1, -0.05) is 57.9 Å². The molecule has 1 aliphatic rings. The minimum absolute atomic E-state index is 0.280. The Morgan fingerprint density at radius 3 is 1.91 bits per heavy atom. The zero-order valence-electron chi connectivity index (χ0n) is 16.1. The number of unbranched alkanes of at least 4 members (excludes halogenated alkanes) is 1. The van der Waals surface area contributed by atoms with Crippen molar-refractivity contribution >= 4 is 12.0 Å². The lowest BCUT2D eigenvalue weighted by Crippen LogP contribution is -2.51. The van der Waals surface area contributed by atoms with Gasteiger partial charge < -0.3 is 9.31 Å². The van der Waals surface area contributed by atoms with Crippen molar-refractivity contribution < 1.29 is 9.31 Å². The second-order valence-electron chi connectivity index (χ2n) is 8.61. The fraction of sp³-hybridized carbons (Fsp3) is 0.700. The van der Waals surface area contributed by atoms with E-state index in [-0.39, 0.29) is 11.2 Å². The van der Waals surface area contributed by atoms with E-state index in [4.69, 9.17) is 9.31 Å². The summed E-state index contributed by atoms with van der Waals surface area (Å²) in [4.78, 5) is 0. The molecule has 1 heterocycles. The van der Waals surface area contributed by atoms with Gasteiger partial charge in [-0.2, -0.15) is 5.46 Å². The van der Waals surface area contributed by atoms with Gasteiger partial charge in [0.2, 0.25) is 0 Å². The minimum atomic E-state index is -1.40. The number of hydrogen-bond acceptors (Lipinski definition) is 2. The van der Waals surface area contributed by atoms with Gasteiger partial charge >= 0.3 is 0 Å². The van der Waals surface area contributed by atoms with E-state index < -0.39 is 6.55 Å². The summed E-state index contributed by atoms with van der Waals surface area (Å²) in [5, 5.41) is 0. The lowest BCUT2D eigenvalue weighted by atomic mass is 9.48. The number of rotatable bonds is 6. The molecule has 0 spiro atoms. The Hall–Kier alpha value is -0.795. The highest BCUT2D eigenvalue weighted by molar-refractivity contribution is 6.81. The Kier molecular flexibility index (Phi) is 5.32. The number of hydrogen-bond donors (Lipinski definition) is 0. The third kappa shape index (κ3) is 3.83. The van der Waals surface area contributed by atoms with Gasteiger partial charge in [0.1, 0.15) is 0 Å². The maximum Gasteiger partial charge on any atom is 0.270 e. The van der Waals surface area contributed by atoms with E-state index in [0.29, 0.717) is 5.92 Å². The monoisotopic (exact) mass is 317 g/mol. The smallest absolute Gasteiger partial charge is 0.270 e. The van der Waals surface area contributed by atoms with Crippen LogP contribution < -0.4 is 5.46 Å². The Balaban J connectivity index is 2.33. The van der Waals surface area contributed by atoms with Crippen molar-refractivity contribution in [2.45, 2.75) is 85.3 Å². The van der Waals surface area contributed by atoms with Gasteiger partial charge in [0, 0.05) is 11.2 Å². The highest BCUT2D eigenvalue weighted by Gasteiger charge is 2.51. The van der Waals surface area contributed by atoms with Gasteiger partial charge in [0.05, 0.1) is 0 Å². The van der Waals surface area contributed by atoms with Crippen molar-refractivity contribution in [3.63, 3.8) is 0 Å². The summed E-state index contributed by atoms with van der Waals surface area (Å²) in [6, 6.07) is 8.95. The Morgan fingerprint density at radius 2 is 1.48 bits per heavy atom. The first-order chi connectivity index (χ1) is 10.6. The lowest BCUT2D eigenvalue weighted by molar-refractivity contribution is 0.00578. The summed E-state index contributed by atoms with van der Waals surface area (Å²) < 4.78 is 13.2. The highest BCUT2D eigenvalue weighted by Crippen LogP contribution is 2.43. The molecule has 1 aliphatic heterocycles. The van der Waals surface area contributed by atoms with Crippen LogP contribution in [0.3, 0.4) is 0 Å². The van der Waals surface area contributed by atoms with Crippen LogP contribution in [0, 0.1) is 5.92 Å². The fourth-order valence-electron chi connectivity index (χ4n) is 3.57. The average molecular weight is 317 g/mol. The zero-order valence-corrected chi connectivity index (χ0v) is 16.1. The Bertz CT molecular complexity index is 501. The van der Waals surface area contributed by atoms with Gasteiger partial charge in [0.25, 0.3) is 6.55 Å². The quantitative estimate of drug-likeness (QED) is 0.692. The van der Waals surface area contributed by atoms with Gasteiger partial charge in [-0.15, -0.1) is 6.32 Å². The Labute approximate surface area is 142 Å². The molecule has 0 bridgehead atoms. The maximum absolute atomic E-state index is 6.60. The molecule has 1 fully saturated rings. The van der Waals surface area contributed by atoms with Crippen molar-refractivity contribution in [1.82, 2.24) is 0 Å². The predicted octanol–water partition coefficient (Wildman–Crippen LogP) is 4.94. The molecule has 2 nitrogen and oxygen atoms in total. The molecule has 130 valence electrons. The van der Waals surface area contributed by atoms with Crippen LogP contribution in [0.15, 0.2) is 24.3 Å². The molecule has 1 saturated heterocycles. The van der Waals surface area contributed by atoms with E-state index in [1.165, 1.54) is 11.0 Å². The highest BCUT2D eigenvalue weighted by atomic mass is 16.7. The van der Waals surface area contributed by atoms with Crippen LogP contribution in [-0.2, 0) is 15.7 Å². The Morgan fingerprint density at radius 1 is 0.957 bits per heavy atom. The molecular weight excluding hydrogens is 283 g/mol. The SMILES string of the molecule is CCCC[B-]1(c2ccc(CC(C)C)cc2)OC(C)(C)C(C)(C)O1. The van der Waals surface area contributed by atoms with Gasteiger partial charge in [-0.05, 0) is 45.6 Å². The summed E-state index contributed by atoms with van der Waals surface area (Å²) in [6.07, 6.45) is 4.36. The van der Waals surface area contributed by atoms with Crippen molar-refractivity contribution in [3.8, 4) is 0 Å². The third-order valence-corrected chi connectivity index (χ3v) is 5.49. The standard InChI is InChI=1S/C20H34BO2/c1-8-9-14-21(22-19(4,5)20(6,7)23-21)18-12-10-17(11-13-18)15-16(2)3/h10-13,16H,8-9,14-15H2,1-7H3/q-1. The van der Waals surface area contributed by atoms with Gasteiger partial charge in [-0.3, -0.25) is 0 Å². The van der Waals surface area contributed by atoms with Crippen molar-refractivity contribution in [3.05, 3.63) is 29.8 Å². The molecule has 0 saturated carbocycles. The van der Waals surface area contributed by atoms with Crippen LogP contribution in [0.2, 0.25) is 6.32 Å². The third-order valence-electron chi connectivity index (χ3n) is 5.49. The topological polar surface area (TPSA) is 18.5 Å². The molecule has 0 N–H and O–H groups in total. The van der Waals surface area contributed by atoms with E-state index in [1.54, 1.807) is 0 Å². The van der Waals surface area contributed by atoms with E-state index in [0.717, 1.165) is 25.6 Å². The molecule has 1 aromatic rings. The van der Waals surface area contributed by atoms with E-state index >= 15 is 0 Å². The summed E-state index contributed by atoms with van der Waals surface area (Å²) in [7, 11) is 0. The second kappa shape index (κ2) is 6.60. The fourth-order valence-corrected chi connectivity index (χ4v) is 3.57. The van der Waals surface area contributed by atoms with Crippen LogP contribution in [0.25, 0.3) is 0 Å². The van der Waals surface area contributed by atoms with E-state index in [1.807, 2.05) is 0 Å². The van der Waals surface area contributed by atoms with Crippen LogP contribution in [0.5, 0.6) is 0 Å². The maximum atomic E-state index is 6.60. The van der Waals surface area contributed by atoms with E-state index in [2.05, 4.69) is 72.7 Å². The molecule has 0 amide bonds. The molecule has 23 heavy (non-hydrogen) atoms. The first-order valence-electron chi connectivity index (χ1n) is 9.27. The molecule has 0 unspecified atom stereocenters. The summed E-state index contributed by atoms with van der Waals surface area (Å²) >= 11 is 0. The zero-order chi connectivity index (χ0) is 17.3. The molecule has 0 radical (unpaired) electrons.